The Balaban J connectivity index is 2.18. The number of hydrogen-bond donors (Lipinski definition) is 1. The summed E-state index contributed by atoms with van der Waals surface area (Å²) in [5, 5.41) is 3.13. The summed E-state index contributed by atoms with van der Waals surface area (Å²) in [6.07, 6.45) is 0. The van der Waals surface area contributed by atoms with E-state index >= 15 is 0 Å². The SMILES string of the molecule is CNCc1nc(C)ccc1OCc1c(C)cccc1C. The number of aromatic nitrogens is 1. The second-order valence-corrected chi connectivity index (χ2v) is 5.09. The van der Waals surface area contributed by atoms with Crippen LogP contribution in [0.1, 0.15) is 28.1 Å². The van der Waals surface area contributed by atoms with E-state index in [9.17, 15) is 0 Å². The highest BCUT2D eigenvalue weighted by atomic mass is 16.5. The Kier molecular flexibility index (Phi) is 4.74. The molecule has 0 saturated carbocycles. The first-order chi connectivity index (χ1) is 9.61. The van der Waals surface area contributed by atoms with Gasteiger partial charge in [-0.25, -0.2) is 0 Å². The van der Waals surface area contributed by atoms with Gasteiger partial charge in [-0.15, -0.1) is 0 Å². The highest BCUT2D eigenvalue weighted by molar-refractivity contribution is 5.34. The smallest absolute Gasteiger partial charge is 0.142 e. The molecular weight excluding hydrogens is 248 g/mol. The van der Waals surface area contributed by atoms with Gasteiger partial charge in [0.25, 0.3) is 0 Å². The summed E-state index contributed by atoms with van der Waals surface area (Å²) in [6.45, 7) is 7.53. The molecule has 0 saturated heterocycles. The lowest BCUT2D eigenvalue weighted by Crippen LogP contribution is -2.10. The molecule has 2 rings (SSSR count). The lowest BCUT2D eigenvalue weighted by Gasteiger charge is -2.14. The van der Waals surface area contributed by atoms with E-state index in [1.165, 1.54) is 16.7 Å². The lowest BCUT2D eigenvalue weighted by molar-refractivity contribution is 0.299. The van der Waals surface area contributed by atoms with Crippen LogP contribution in [0.15, 0.2) is 30.3 Å². The van der Waals surface area contributed by atoms with Crippen molar-refractivity contribution in [1.82, 2.24) is 10.3 Å². The van der Waals surface area contributed by atoms with E-state index in [-0.39, 0.29) is 0 Å². The average molecular weight is 270 g/mol. The van der Waals surface area contributed by atoms with Crippen molar-refractivity contribution in [2.75, 3.05) is 7.05 Å². The van der Waals surface area contributed by atoms with Crippen LogP contribution in [0.3, 0.4) is 0 Å². The second kappa shape index (κ2) is 6.53. The zero-order valence-corrected chi connectivity index (χ0v) is 12.7. The molecule has 0 bridgehead atoms. The van der Waals surface area contributed by atoms with E-state index in [4.69, 9.17) is 4.74 Å². The molecule has 1 heterocycles. The van der Waals surface area contributed by atoms with E-state index in [2.05, 4.69) is 42.3 Å². The Labute approximate surface area is 121 Å². The van der Waals surface area contributed by atoms with Gasteiger partial charge in [-0.1, -0.05) is 18.2 Å². The first-order valence-electron chi connectivity index (χ1n) is 6.91. The molecule has 106 valence electrons. The number of nitrogens with one attached hydrogen (secondary N) is 1. The van der Waals surface area contributed by atoms with Crippen LogP contribution < -0.4 is 10.1 Å². The van der Waals surface area contributed by atoms with E-state index in [0.29, 0.717) is 13.2 Å². The normalized spacial score (nSPS) is 10.6. The first kappa shape index (κ1) is 14.5. The van der Waals surface area contributed by atoms with Crippen LogP contribution in [-0.2, 0) is 13.2 Å². The molecule has 0 radical (unpaired) electrons. The lowest BCUT2D eigenvalue weighted by atomic mass is 10.0. The van der Waals surface area contributed by atoms with Crippen LogP contribution in [0, 0.1) is 20.8 Å². The maximum atomic E-state index is 5.99. The molecular formula is C17H22N2O. The number of rotatable bonds is 5. The number of ether oxygens (including phenoxy) is 1. The van der Waals surface area contributed by atoms with Crippen LogP contribution in [-0.4, -0.2) is 12.0 Å². The largest absolute Gasteiger partial charge is 0.487 e. The van der Waals surface area contributed by atoms with E-state index in [0.717, 1.165) is 17.1 Å². The fourth-order valence-electron chi connectivity index (χ4n) is 2.25. The molecule has 0 unspecified atom stereocenters. The van der Waals surface area contributed by atoms with Crippen LogP contribution in [0.2, 0.25) is 0 Å². The molecule has 2 aromatic rings. The van der Waals surface area contributed by atoms with Crippen molar-refractivity contribution >= 4 is 0 Å². The molecule has 0 amide bonds. The number of aryl methyl sites for hydroxylation is 3. The minimum Gasteiger partial charge on any atom is -0.487 e. The molecule has 0 spiro atoms. The van der Waals surface area contributed by atoms with Crippen molar-refractivity contribution in [2.45, 2.75) is 33.9 Å². The Bertz CT molecular complexity index is 573. The monoisotopic (exact) mass is 270 g/mol. The summed E-state index contributed by atoms with van der Waals surface area (Å²) in [5.74, 6) is 0.854. The van der Waals surface area contributed by atoms with Gasteiger partial charge < -0.3 is 10.1 Å². The topological polar surface area (TPSA) is 34.2 Å². The maximum absolute atomic E-state index is 5.99. The Morgan fingerprint density at radius 2 is 1.75 bits per heavy atom. The van der Waals surface area contributed by atoms with Gasteiger partial charge in [-0.3, -0.25) is 4.98 Å². The predicted molar refractivity (Wildman–Crippen MR) is 82.0 cm³/mol. The molecule has 0 fully saturated rings. The summed E-state index contributed by atoms with van der Waals surface area (Å²) in [6, 6.07) is 10.3. The van der Waals surface area contributed by atoms with Crippen molar-refractivity contribution in [3.05, 3.63) is 58.4 Å². The van der Waals surface area contributed by atoms with Gasteiger partial charge in [0.2, 0.25) is 0 Å². The van der Waals surface area contributed by atoms with E-state index in [1.807, 2.05) is 26.1 Å². The average Bonchev–Trinajstić information content (AvgIpc) is 2.40. The van der Waals surface area contributed by atoms with Gasteiger partial charge in [-0.2, -0.15) is 0 Å². The summed E-state index contributed by atoms with van der Waals surface area (Å²) in [5.41, 5.74) is 5.75. The number of pyridine rings is 1. The van der Waals surface area contributed by atoms with Gasteiger partial charge in [0.05, 0.1) is 5.69 Å². The third kappa shape index (κ3) is 3.36. The Hall–Kier alpha value is -1.87. The fourth-order valence-corrected chi connectivity index (χ4v) is 2.25. The minimum absolute atomic E-state index is 0.583. The van der Waals surface area contributed by atoms with Crippen LogP contribution in [0.4, 0.5) is 0 Å². The Morgan fingerprint density at radius 1 is 1.05 bits per heavy atom. The maximum Gasteiger partial charge on any atom is 0.142 e. The highest BCUT2D eigenvalue weighted by Gasteiger charge is 2.08. The Morgan fingerprint density at radius 3 is 2.40 bits per heavy atom. The molecule has 0 aliphatic carbocycles. The van der Waals surface area contributed by atoms with Crippen molar-refractivity contribution in [3.8, 4) is 5.75 Å². The van der Waals surface area contributed by atoms with Crippen molar-refractivity contribution < 1.29 is 4.74 Å². The molecule has 0 aliphatic heterocycles. The molecule has 20 heavy (non-hydrogen) atoms. The summed E-state index contributed by atoms with van der Waals surface area (Å²) < 4.78 is 5.99. The highest BCUT2D eigenvalue weighted by Crippen LogP contribution is 2.21. The van der Waals surface area contributed by atoms with E-state index in [1.54, 1.807) is 0 Å². The third-order valence-electron chi connectivity index (χ3n) is 3.43. The molecule has 1 N–H and O–H groups in total. The zero-order valence-electron chi connectivity index (χ0n) is 12.7. The van der Waals surface area contributed by atoms with Gasteiger partial charge in [0.15, 0.2) is 0 Å². The van der Waals surface area contributed by atoms with Gasteiger partial charge in [0.1, 0.15) is 12.4 Å². The first-order valence-corrected chi connectivity index (χ1v) is 6.91. The van der Waals surface area contributed by atoms with E-state index < -0.39 is 0 Å². The zero-order chi connectivity index (χ0) is 14.5. The molecule has 1 aromatic carbocycles. The molecule has 1 aromatic heterocycles. The van der Waals surface area contributed by atoms with Crippen LogP contribution in [0.25, 0.3) is 0 Å². The number of nitrogens with zero attached hydrogens (tertiary/aromatic N) is 1. The quantitative estimate of drug-likeness (QED) is 0.905. The van der Waals surface area contributed by atoms with Crippen LogP contribution in [0.5, 0.6) is 5.75 Å². The van der Waals surface area contributed by atoms with Gasteiger partial charge in [0, 0.05) is 12.2 Å². The van der Waals surface area contributed by atoms with Crippen molar-refractivity contribution in [2.24, 2.45) is 0 Å². The number of hydrogen-bond acceptors (Lipinski definition) is 3. The summed E-state index contributed by atoms with van der Waals surface area (Å²) >= 11 is 0. The van der Waals surface area contributed by atoms with Gasteiger partial charge in [-0.05, 0) is 56.6 Å². The molecule has 0 aliphatic rings. The molecule has 0 atom stereocenters. The summed E-state index contributed by atoms with van der Waals surface area (Å²) in [4.78, 5) is 4.53. The van der Waals surface area contributed by atoms with Crippen molar-refractivity contribution in [1.29, 1.82) is 0 Å². The number of benzene rings is 1. The third-order valence-corrected chi connectivity index (χ3v) is 3.43. The standard InChI is InChI=1S/C17H22N2O/c1-12-6-5-7-13(2)15(12)11-20-17-9-8-14(3)19-16(17)10-18-4/h5-9,18H,10-11H2,1-4H3. The molecule has 3 nitrogen and oxygen atoms in total. The predicted octanol–water partition coefficient (Wildman–Crippen LogP) is 3.31. The van der Waals surface area contributed by atoms with Crippen molar-refractivity contribution in [3.63, 3.8) is 0 Å². The fraction of sp³-hybridized carbons (Fsp3) is 0.353. The second-order valence-electron chi connectivity index (χ2n) is 5.09. The molecule has 3 heteroatoms. The van der Waals surface area contributed by atoms with Gasteiger partial charge >= 0.3 is 0 Å². The van der Waals surface area contributed by atoms with Crippen LogP contribution >= 0.6 is 0 Å². The minimum atomic E-state index is 0.583. The summed E-state index contributed by atoms with van der Waals surface area (Å²) in [7, 11) is 1.92.